The van der Waals surface area contributed by atoms with Gasteiger partial charge in [-0.25, -0.2) is 0 Å². The van der Waals surface area contributed by atoms with Crippen molar-refractivity contribution < 1.29 is 9.26 Å². The molecule has 0 aliphatic rings. The molecule has 1 heterocycles. The number of aromatic nitrogens is 2. The minimum atomic E-state index is 0.314. The highest BCUT2D eigenvalue weighted by Crippen LogP contribution is 2.23. The molecule has 0 bridgehead atoms. The van der Waals surface area contributed by atoms with Gasteiger partial charge in [0.15, 0.2) is 6.61 Å². The number of nitrogens with zero attached hydrogens (tertiary/aromatic N) is 2. The third kappa shape index (κ3) is 2.61. The van der Waals surface area contributed by atoms with Crippen molar-refractivity contribution in [2.24, 2.45) is 0 Å². The average molecular weight is 283 g/mol. The maximum absolute atomic E-state index is 5.60. The predicted octanol–water partition coefficient (Wildman–Crippen LogP) is 3.03. The van der Waals surface area contributed by atoms with Crippen molar-refractivity contribution in [1.82, 2.24) is 10.1 Å². The molecule has 16 heavy (non-hydrogen) atoms. The molecule has 0 saturated carbocycles. The maximum atomic E-state index is 5.60. The van der Waals surface area contributed by atoms with Crippen LogP contribution >= 0.6 is 15.9 Å². The fourth-order valence-corrected chi connectivity index (χ4v) is 1.61. The van der Waals surface area contributed by atoms with Crippen LogP contribution < -0.4 is 4.74 Å². The van der Waals surface area contributed by atoms with Gasteiger partial charge in [0.1, 0.15) is 5.75 Å². The van der Waals surface area contributed by atoms with Gasteiger partial charge in [0.25, 0.3) is 0 Å². The third-order valence-electron chi connectivity index (χ3n) is 2.08. The summed E-state index contributed by atoms with van der Waals surface area (Å²) in [6.45, 7) is 4.05. The molecule has 0 aliphatic heterocycles. The monoisotopic (exact) mass is 282 g/mol. The van der Waals surface area contributed by atoms with Gasteiger partial charge in [-0.05, 0) is 24.6 Å². The normalized spacial score (nSPS) is 10.4. The van der Waals surface area contributed by atoms with Crippen LogP contribution in [0.1, 0.15) is 17.3 Å². The van der Waals surface area contributed by atoms with Crippen molar-refractivity contribution in [2.75, 3.05) is 0 Å². The van der Waals surface area contributed by atoms with Crippen molar-refractivity contribution in [1.29, 1.82) is 0 Å². The second-order valence-electron chi connectivity index (χ2n) is 3.43. The lowest BCUT2D eigenvalue weighted by Crippen LogP contribution is -1.98. The quantitative estimate of drug-likeness (QED) is 0.868. The fraction of sp³-hybridized carbons (Fsp3) is 0.273. The smallest absolute Gasteiger partial charge is 0.223 e. The van der Waals surface area contributed by atoms with Crippen molar-refractivity contribution >= 4 is 15.9 Å². The Labute approximate surface area is 102 Å². The van der Waals surface area contributed by atoms with Crippen LogP contribution in [0.3, 0.4) is 0 Å². The van der Waals surface area contributed by atoms with Crippen LogP contribution in [0.5, 0.6) is 5.75 Å². The zero-order valence-electron chi connectivity index (χ0n) is 9.03. The van der Waals surface area contributed by atoms with Crippen LogP contribution in [-0.2, 0) is 6.61 Å². The number of benzene rings is 1. The lowest BCUT2D eigenvalue weighted by Gasteiger charge is -2.06. The molecule has 0 fully saturated rings. The molecule has 0 saturated heterocycles. The molecule has 0 spiro atoms. The van der Waals surface area contributed by atoms with E-state index in [4.69, 9.17) is 9.26 Å². The Morgan fingerprint density at radius 1 is 1.38 bits per heavy atom. The van der Waals surface area contributed by atoms with Crippen molar-refractivity contribution in [3.63, 3.8) is 0 Å². The highest BCUT2D eigenvalue weighted by molar-refractivity contribution is 9.10. The number of ether oxygens (including phenoxy) is 1. The molecule has 0 radical (unpaired) electrons. The molecule has 1 aromatic heterocycles. The molecule has 2 aromatic rings. The molecule has 84 valence electrons. The summed E-state index contributed by atoms with van der Waals surface area (Å²) in [6.07, 6.45) is 0. The van der Waals surface area contributed by atoms with E-state index >= 15 is 0 Å². The van der Waals surface area contributed by atoms with Crippen molar-refractivity contribution in [2.45, 2.75) is 20.5 Å². The summed E-state index contributed by atoms with van der Waals surface area (Å²) in [5.41, 5.74) is 1.07. The zero-order chi connectivity index (χ0) is 11.5. The van der Waals surface area contributed by atoms with Gasteiger partial charge in [0.05, 0.1) is 0 Å². The SMILES string of the molecule is Cc1nc(COc2cc(Br)ccc2C)no1. The molecule has 0 unspecified atom stereocenters. The van der Waals surface area contributed by atoms with Gasteiger partial charge in [0.2, 0.25) is 11.7 Å². The van der Waals surface area contributed by atoms with E-state index in [-0.39, 0.29) is 0 Å². The van der Waals surface area contributed by atoms with Gasteiger partial charge in [-0.2, -0.15) is 4.98 Å². The van der Waals surface area contributed by atoms with E-state index < -0.39 is 0 Å². The first-order chi connectivity index (χ1) is 7.65. The van der Waals surface area contributed by atoms with Crippen LogP contribution in [0, 0.1) is 13.8 Å². The molecule has 2 rings (SSSR count). The van der Waals surface area contributed by atoms with Crippen molar-refractivity contribution in [3.8, 4) is 5.75 Å². The number of hydrogen-bond acceptors (Lipinski definition) is 4. The highest BCUT2D eigenvalue weighted by atomic mass is 79.9. The van der Waals surface area contributed by atoms with Gasteiger partial charge in [-0.3, -0.25) is 0 Å². The van der Waals surface area contributed by atoms with Crippen LogP contribution in [-0.4, -0.2) is 10.1 Å². The molecule has 0 N–H and O–H groups in total. The number of halogens is 1. The maximum Gasteiger partial charge on any atom is 0.223 e. The summed E-state index contributed by atoms with van der Waals surface area (Å²) in [5.74, 6) is 1.92. The average Bonchev–Trinajstić information content (AvgIpc) is 2.66. The van der Waals surface area contributed by atoms with E-state index in [1.54, 1.807) is 6.92 Å². The Morgan fingerprint density at radius 2 is 2.19 bits per heavy atom. The number of hydrogen-bond donors (Lipinski definition) is 0. The van der Waals surface area contributed by atoms with Crippen LogP contribution in [0.4, 0.5) is 0 Å². The van der Waals surface area contributed by atoms with Crippen LogP contribution in [0.15, 0.2) is 27.2 Å². The largest absolute Gasteiger partial charge is 0.485 e. The standard InChI is InChI=1S/C11H11BrN2O2/c1-7-3-4-9(12)5-10(7)15-6-11-13-8(2)16-14-11/h3-5H,6H2,1-2H3. The van der Waals surface area contributed by atoms with Crippen LogP contribution in [0.25, 0.3) is 0 Å². The summed E-state index contributed by atoms with van der Waals surface area (Å²) in [7, 11) is 0. The first kappa shape index (κ1) is 11.1. The van der Waals surface area contributed by atoms with Gasteiger partial charge in [0, 0.05) is 11.4 Å². The molecular formula is C11H11BrN2O2. The molecule has 0 atom stereocenters. The lowest BCUT2D eigenvalue weighted by atomic mass is 10.2. The third-order valence-corrected chi connectivity index (χ3v) is 2.57. The summed E-state index contributed by atoms with van der Waals surface area (Å²) in [6, 6.07) is 5.88. The molecular weight excluding hydrogens is 272 g/mol. The first-order valence-corrected chi connectivity index (χ1v) is 5.62. The topological polar surface area (TPSA) is 48.2 Å². The molecule has 5 heteroatoms. The van der Waals surface area contributed by atoms with Gasteiger partial charge in [-0.1, -0.05) is 27.2 Å². The first-order valence-electron chi connectivity index (χ1n) is 4.83. The van der Waals surface area contributed by atoms with Gasteiger partial charge >= 0.3 is 0 Å². The summed E-state index contributed by atoms with van der Waals surface area (Å²) in [5, 5.41) is 3.76. The minimum Gasteiger partial charge on any atom is -0.485 e. The second-order valence-corrected chi connectivity index (χ2v) is 4.34. The predicted molar refractivity (Wildman–Crippen MR) is 62.2 cm³/mol. The number of aryl methyl sites for hydroxylation is 2. The highest BCUT2D eigenvalue weighted by Gasteiger charge is 2.05. The zero-order valence-corrected chi connectivity index (χ0v) is 10.6. The fourth-order valence-electron chi connectivity index (χ4n) is 1.27. The Balaban J connectivity index is 2.07. The van der Waals surface area contributed by atoms with E-state index in [0.29, 0.717) is 18.3 Å². The Morgan fingerprint density at radius 3 is 2.88 bits per heavy atom. The van der Waals surface area contributed by atoms with E-state index in [0.717, 1.165) is 15.8 Å². The second kappa shape index (κ2) is 4.65. The van der Waals surface area contributed by atoms with Crippen molar-refractivity contribution in [3.05, 3.63) is 40.0 Å². The van der Waals surface area contributed by atoms with E-state index in [1.807, 2.05) is 25.1 Å². The lowest BCUT2D eigenvalue weighted by molar-refractivity contribution is 0.284. The van der Waals surface area contributed by atoms with Crippen LogP contribution in [0.2, 0.25) is 0 Å². The Bertz CT molecular complexity index is 496. The molecule has 0 amide bonds. The summed E-state index contributed by atoms with van der Waals surface area (Å²) in [4.78, 5) is 4.06. The van der Waals surface area contributed by atoms with Gasteiger partial charge < -0.3 is 9.26 Å². The summed E-state index contributed by atoms with van der Waals surface area (Å²) >= 11 is 3.40. The molecule has 1 aromatic carbocycles. The van der Waals surface area contributed by atoms with E-state index in [9.17, 15) is 0 Å². The van der Waals surface area contributed by atoms with E-state index in [1.165, 1.54) is 0 Å². The minimum absolute atomic E-state index is 0.314. The van der Waals surface area contributed by atoms with Gasteiger partial charge in [-0.15, -0.1) is 0 Å². The molecule has 0 aliphatic carbocycles. The molecule has 4 nitrogen and oxygen atoms in total. The summed E-state index contributed by atoms with van der Waals surface area (Å²) < 4.78 is 11.4. The Kier molecular flexibility index (Phi) is 3.24. The number of rotatable bonds is 3. The Hall–Kier alpha value is -1.36. The van der Waals surface area contributed by atoms with E-state index in [2.05, 4.69) is 26.1 Å².